The highest BCUT2D eigenvalue weighted by Crippen LogP contribution is 2.63. The summed E-state index contributed by atoms with van der Waals surface area (Å²) in [5, 5.41) is 3.41. The summed E-state index contributed by atoms with van der Waals surface area (Å²) in [4.78, 5) is 13.2. The molecular formula is C19H31NO2. The molecule has 5 aliphatic rings. The van der Waals surface area contributed by atoms with Crippen LogP contribution in [0.3, 0.4) is 0 Å². The average molecular weight is 305 g/mol. The second kappa shape index (κ2) is 5.59. The summed E-state index contributed by atoms with van der Waals surface area (Å²) in [5.74, 6) is 2.73. The SMILES string of the molecule is CCOC12CC3CC(C1)CC(C(=O)CC1CCNCC1)(C3)C2. The maximum atomic E-state index is 13.2. The Balaban J connectivity index is 1.51. The molecule has 4 bridgehead atoms. The van der Waals surface area contributed by atoms with Gasteiger partial charge >= 0.3 is 0 Å². The minimum absolute atomic E-state index is 0.00979. The summed E-state index contributed by atoms with van der Waals surface area (Å²) >= 11 is 0. The van der Waals surface area contributed by atoms with Gasteiger partial charge in [0, 0.05) is 18.4 Å². The molecule has 1 saturated heterocycles. The van der Waals surface area contributed by atoms with E-state index in [9.17, 15) is 4.79 Å². The largest absolute Gasteiger partial charge is 0.375 e. The number of ether oxygens (including phenoxy) is 1. The zero-order chi connectivity index (χ0) is 15.2. The predicted octanol–water partition coefficient (Wildman–Crippen LogP) is 3.32. The highest BCUT2D eigenvalue weighted by molar-refractivity contribution is 5.85. The number of piperidine rings is 1. The van der Waals surface area contributed by atoms with E-state index < -0.39 is 0 Å². The van der Waals surface area contributed by atoms with E-state index in [0.717, 1.165) is 44.4 Å². The van der Waals surface area contributed by atoms with Gasteiger partial charge in [-0.25, -0.2) is 0 Å². The lowest BCUT2D eigenvalue weighted by Gasteiger charge is -2.61. The van der Waals surface area contributed by atoms with Crippen molar-refractivity contribution in [1.82, 2.24) is 5.32 Å². The van der Waals surface area contributed by atoms with Crippen LogP contribution in [-0.2, 0) is 9.53 Å². The Morgan fingerprint density at radius 3 is 2.45 bits per heavy atom. The smallest absolute Gasteiger partial charge is 0.139 e. The monoisotopic (exact) mass is 305 g/mol. The summed E-state index contributed by atoms with van der Waals surface area (Å²) < 4.78 is 6.25. The lowest BCUT2D eigenvalue weighted by Crippen LogP contribution is -2.59. The van der Waals surface area contributed by atoms with Crippen molar-refractivity contribution in [2.24, 2.45) is 23.2 Å². The first-order chi connectivity index (χ1) is 10.6. The number of hydrogen-bond donors (Lipinski definition) is 1. The first-order valence-electron chi connectivity index (χ1n) is 9.51. The fraction of sp³-hybridized carbons (Fsp3) is 0.947. The quantitative estimate of drug-likeness (QED) is 0.847. The molecule has 0 aromatic carbocycles. The molecule has 0 aromatic rings. The van der Waals surface area contributed by atoms with E-state index >= 15 is 0 Å². The summed E-state index contributed by atoms with van der Waals surface area (Å²) in [6, 6.07) is 0. The maximum absolute atomic E-state index is 13.2. The fourth-order valence-electron chi connectivity index (χ4n) is 6.54. The fourth-order valence-corrected chi connectivity index (χ4v) is 6.54. The Bertz CT molecular complexity index is 427. The number of nitrogens with one attached hydrogen (secondary N) is 1. The molecule has 1 heterocycles. The molecule has 124 valence electrons. The minimum Gasteiger partial charge on any atom is -0.375 e. The molecule has 2 atom stereocenters. The summed E-state index contributed by atoms with van der Waals surface area (Å²) in [6.07, 6.45) is 10.4. The third kappa shape index (κ3) is 2.54. The predicted molar refractivity (Wildman–Crippen MR) is 86.7 cm³/mol. The Labute approximate surface area is 134 Å². The first kappa shape index (κ1) is 15.1. The number of hydrogen-bond acceptors (Lipinski definition) is 3. The Morgan fingerprint density at radius 1 is 1.14 bits per heavy atom. The van der Waals surface area contributed by atoms with E-state index in [1.807, 2.05) is 0 Å². The van der Waals surface area contributed by atoms with Gasteiger partial charge in [0.25, 0.3) is 0 Å². The summed E-state index contributed by atoms with van der Waals surface area (Å²) in [5.41, 5.74) is 0.0484. The van der Waals surface area contributed by atoms with Crippen molar-refractivity contribution in [2.75, 3.05) is 19.7 Å². The molecule has 5 rings (SSSR count). The Hall–Kier alpha value is -0.410. The van der Waals surface area contributed by atoms with E-state index in [0.29, 0.717) is 11.7 Å². The molecule has 5 fully saturated rings. The molecule has 0 spiro atoms. The Morgan fingerprint density at radius 2 is 1.82 bits per heavy atom. The number of carbonyl (C=O) groups is 1. The van der Waals surface area contributed by atoms with Gasteiger partial charge < -0.3 is 10.1 Å². The molecule has 1 N–H and O–H groups in total. The highest BCUT2D eigenvalue weighted by atomic mass is 16.5. The van der Waals surface area contributed by atoms with E-state index in [4.69, 9.17) is 4.74 Å². The van der Waals surface area contributed by atoms with E-state index in [2.05, 4.69) is 12.2 Å². The first-order valence-corrected chi connectivity index (χ1v) is 9.51. The second-order valence-corrected chi connectivity index (χ2v) is 8.68. The number of ketones is 1. The van der Waals surface area contributed by atoms with Crippen LogP contribution in [0.25, 0.3) is 0 Å². The van der Waals surface area contributed by atoms with Gasteiger partial charge in [-0.3, -0.25) is 4.79 Å². The van der Waals surface area contributed by atoms with Crippen LogP contribution in [0.1, 0.15) is 64.7 Å². The van der Waals surface area contributed by atoms with Gasteiger partial charge in [0.1, 0.15) is 5.78 Å². The van der Waals surface area contributed by atoms with Gasteiger partial charge in [-0.15, -0.1) is 0 Å². The normalized spacial score (nSPS) is 44.4. The molecule has 0 radical (unpaired) electrons. The molecule has 0 amide bonds. The van der Waals surface area contributed by atoms with Gasteiger partial charge in [-0.2, -0.15) is 0 Å². The molecule has 3 nitrogen and oxygen atoms in total. The minimum atomic E-state index is -0.00979. The maximum Gasteiger partial charge on any atom is 0.139 e. The lowest BCUT2D eigenvalue weighted by atomic mass is 9.46. The van der Waals surface area contributed by atoms with E-state index in [1.165, 1.54) is 44.9 Å². The van der Waals surface area contributed by atoms with Crippen molar-refractivity contribution in [3.63, 3.8) is 0 Å². The van der Waals surface area contributed by atoms with Crippen LogP contribution in [0.5, 0.6) is 0 Å². The van der Waals surface area contributed by atoms with Crippen LogP contribution in [-0.4, -0.2) is 31.1 Å². The van der Waals surface area contributed by atoms with E-state index in [1.54, 1.807) is 0 Å². The van der Waals surface area contributed by atoms with Crippen molar-refractivity contribution in [1.29, 1.82) is 0 Å². The van der Waals surface area contributed by atoms with Gasteiger partial charge in [-0.1, -0.05) is 0 Å². The van der Waals surface area contributed by atoms with Crippen LogP contribution < -0.4 is 5.32 Å². The van der Waals surface area contributed by atoms with Crippen molar-refractivity contribution in [2.45, 2.75) is 70.3 Å². The highest BCUT2D eigenvalue weighted by Gasteiger charge is 2.60. The Kier molecular flexibility index (Phi) is 3.85. The van der Waals surface area contributed by atoms with Crippen molar-refractivity contribution in [3.05, 3.63) is 0 Å². The molecule has 0 aromatic heterocycles. The standard InChI is InChI=1S/C19H31NO2/c1-2-22-19-11-15-7-16(12-19)10-18(9-15,13-19)17(21)8-14-3-5-20-6-4-14/h14-16,20H,2-13H2,1H3. The number of carbonyl (C=O) groups excluding carboxylic acids is 1. The van der Waals surface area contributed by atoms with Crippen LogP contribution >= 0.6 is 0 Å². The summed E-state index contributed by atoms with van der Waals surface area (Å²) in [7, 11) is 0. The van der Waals surface area contributed by atoms with Crippen LogP contribution in [0.15, 0.2) is 0 Å². The summed E-state index contributed by atoms with van der Waals surface area (Å²) in [6.45, 7) is 5.11. The van der Waals surface area contributed by atoms with Gasteiger partial charge in [0.05, 0.1) is 5.60 Å². The lowest BCUT2D eigenvalue weighted by molar-refractivity contribution is -0.195. The number of Topliss-reactive ketones (excluding diaryl/α,β-unsaturated/α-hetero) is 1. The van der Waals surface area contributed by atoms with Gasteiger partial charge in [0.15, 0.2) is 0 Å². The average Bonchev–Trinajstić information content (AvgIpc) is 2.46. The molecule has 4 saturated carbocycles. The molecule has 4 aliphatic carbocycles. The number of rotatable bonds is 5. The molecule has 3 heteroatoms. The van der Waals surface area contributed by atoms with Gasteiger partial charge in [-0.05, 0) is 89.1 Å². The van der Waals surface area contributed by atoms with Crippen molar-refractivity contribution >= 4 is 5.78 Å². The molecule has 2 unspecified atom stereocenters. The third-order valence-corrected chi connectivity index (χ3v) is 6.98. The van der Waals surface area contributed by atoms with Crippen molar-refractivity contribution in [3.8, 4) is 0 Å². The molecule has 22 heavy (non-hydrogen) atoms. The molecular weight excluding hydrogens is 274 g/mol. The van der Waals surface area contributed by atoms with Crippen LogP contribution in [0.2, 0.25) is 0 Å². The zero-order valence-corrected chi connectivity index (χ0v) is 14.0. The third-order valence-electron chi connectivity index (χ3n) is 6.98. The van der Waals surface area contributed by atoms with Gasteiger partial charge in [0.2, 0.25) is 0 Å². The zero-order valence-electron chi connectivity index (χ0n) is 14.0. The van der Waals surface area contributed by atoms with Crippen molar-refractivity contribution < 1.29 is 9.53 Å². The molecule has 1 aliphatic heterocycles. The van der Waals surface area contributed by atoms with Crippen LogP contribution in [0, 0.1) is 23.2 Å². The van der Waals surface area contributed by atoms with E-state index in [-0.39, 0.29) is 11.0 Å². The second-order valence-electron chi connectivity index (χ2n) is 8.68. The topological polar surface area (TPSA) is 38.3 Å². The van der Waals surface area contributed by atoms with Crippen LogP contribution in [0.4, 0.5) is 0 Å².